The zero-order valence-corrected chi connectivity index (χ0v) is 20.1. The van der Waals surface area contributed by atoms with Crippen LogP contribution in [0.25, 0.3) is 22.0 Å². The van der Waals surface area contributed by atoms with Crippen LogP contribution in [0, 0.1) is 0 Å². The molecule has 0 aliphatic heterocycles. The van der Waals surface area contributed by atoms with E-state index in [2.05, 4.69) is 10.1 Å². The van der Waals surface area contributed by atoms with Gasteiger partial charge < -0.3 is 14.8 Å². The summed E-state index contributed by atoms with van der Waals surface area (Å²) < 4.78 is 38.2. The minimum Gasteiger partial charge on any atom is -0.433 e. The van der Waals surface area contributed by atoms with Gasteiger partial charge in [-0.25, -0.2) is 4.79 Å². The summed E-state index contributed by atoms with van der Waals surface area (Å²) in [4.78, 5) is 13.2. The van der Waals surface area contributed by atoms with Gasteiger partial charge in [0.25, 0.3) is 0 Å². The number of benzene rings is 3. The molecule has 0 fully saturated rings. The van der Waals surface area contributed by atoms with E-state index in [4.69, 9.17) is 4.74 Å². The summed E-state index contributed by atoms with van der Waals surface area (Å²) in [6, 6.07) is 21.1. The highest BCUT2D eigenvalue weighted by Crippen LogP contribution is 2.34. The lowest BCUT2D eigenvalue weighted by Gasteiger charge is -2.20. The standard InChI is InChI=1S/C28H28F2N2O3/c1-27(2,3)34-18-19-9-5-6-10-22(19)24-17-32(25-12-8-7-11-23(24)25)26(33)31-20-13-15-21(16-14-20)35-28(4,29)30/h5-17H,18H2,1-4H3,(H,31,33). The fourth-order valence-corrected chi connectivity index (χ4v) is 3.76. The minimum absolute atomic E-state index is 0.0123. The molecule has 0 bridgehead atoms. The maximum Gasteiger partial charge on any atom is 0.394 e. The molecule has 0 unspecified atom stereocenters. The van der Waals surface area contributed by atoms with E-state index < -0.39 is 6.11 Å². The highest BCUT2D eigenvalue weighted by atomic mass is 19.3. The number of halogens is 2. The zero-order valence-electron chi connectivity index (χ0n) is 20.1. The number of anilines is 1. The van der Waals surface area contributed by atoms with E-state index in [-0.39, 0.29) is 17.4 Å². The number of hydrogen-bond acceptors (Lipinski definition) is 3. The molecule has 4 rings (SSSR count). The van der Waals surface area contributed by atoms with Crippen molar-refractivity contribution in [1.82, 2.24) is 4.57 Å². The quantitative estimate of drug-likeness (QED) is 0.309. The highest BCUT2D eigenvalue weighted by molar-refractivity contribution is 6.04. The molecule has 3 aromatic carbocycles. The maximum atomic E-state index is 13.2. The molecule has 1 amide bonds. The first-order chi connectivity index (χ1) is 16.5. The number of hydrogen-bond donors (Lipinski definition) is 1. The molecule has 0 spiro atoms. The maximum absolute atomic E-state index is 13.2. The van der Waals surface area contributed by atoms with Gasteiger partial charge in [0.05, 0.1) is 17.7 Å². The van der Waals surface area contributed by atoms with E-state index in [1.54, 1.807) is 4.57 Å². The zero-order chi connectivity index (χ0) is 25.2. The van der Waals surface area contributed by atoms with Gasteiger partial charge in [0, 0.05) is 29.8 Å². The minimum atomic E-state index is -3.28. The van der Waals surface area contributed by atoms with Gasteiger partial charge >= 0.3 is 12.1 Å². The Morgan fingerprint density at radius 1 is 0.886 bits per heavy atom. The summed E-state index contributed by atoms with van der Waals surface area (Å²) in [5.41, 5.74) is 3.85. The first-order valence-electron chi connectivity index (χ1n) is 11.3. The topological polar surface area (TPSA) is 52.5 Å². The molecule has 0 aliphatic rings. The van der Waals surface area contributed by atoms with Gasteiger partial charge in [-0.05, 0) is 62.2 Å². The molecule has 1 aromatic heterocycles. The monoisotopic (exact) mass is 478 g/mol. The number of rotatable bonds is 6. The van der Waals surface area contributed by atoms with Crippen molar-refractivity contribution >= 4 is 22.6 Å². The fourth-order valence-electron chi connectivity index (χ4n) is 3.76. The van der Waals surface area contributed by atoms with Crippen LogP contribution in [0.1, 0.15) is 33.3 Å². The molecular formula is C28H28F2N2O3. The van der Waals surface area contributed by atoms with Crippen molar-refractivity contribution in [2.24, 2.45) is 0 Å². The Bertz CT molecular complexity index is 1330. The summed E-state index contributed by atoms with van der Waals surface area (Å²) in [5.74, 6) is 0.0123. The Kier molecular flexibility index (Phi) is 6.63. The predicted octanol–water partition coefficient (Wildman–Crippen LogP) is 7.70. The van der Waals surface area contributed by atoms with Crippen LogP contribution in [0.2, 0.25) is 0 Å². The first kappa shape index (κ1) is 24.4. The Balaban J connectivity index is 1.65. The van der Waals surface area contributed by atoms with Gasteiger partial charge in [-0.15, -0.1) is 0 Å². The number of ether oxygens (including phenoxy) is 2. The van der Waals surface area contributed by atoms with E-state index in [9.17, 15) is 13.6 Å². The average Bonchev–Trinajstić information content (AvgIpc) is 3.17. The van der Waals surface area contributed by atoms with E-state index in [0.717, 1.165) is 27.6 Å². The second kappa shape index (κ2) is 9.50. The Labute approximate surface area is 203 Å². The molecule has 5 nitrogen and oxygen atoms in total. The number of fused-ring (bicyclic) bond motifs is 1. The summed E-state index contributed by atoms with van der Waals surface area (Å²) in [6.07, 6.45) is -1.47. The molecule has 1 heterocycles. The Morgan fingerprint density at radius 2 is 1.54 bits per heavy atom. The van der Waals surface area contributed by atoms with Crippen LogP contribution in [0.15, 0.2) is 79.0 Å². The van der Waals surface area contributed by atoms with Gasteiger partial charge in [0.2, 0.25) is 0 Å². The van der Waals surface area contributed by atoms with Crippen LogP contribution in [-0.2, 0) is 11.3 Å². The van der Waals surface area contributed by atoms with Crippen LogP contribution in [0.5, 0.6) is 5.75 Å². The lowest BCUT2D eigenvalue weighted by atomic mass is 9.99. The SMILES string of the molecule is CC(C)(C)OCc1ccccc1-c1cn(C(=O)Nc2ccc(OC(C)(F)F)cc2)c2ccccc12. The second-order valence-electron chi connectivity index (χ2n) is 9.35. The van der Waals surface area contributed by atoms with Crippen LogP contribution >= 0.6 is 0 Å². The molecule has 0 radical (unpaired) electrons. The van der Waals surface area contributed by atoms with Crippen molar-refractivity contribution in [2.75, 3.05) is 5.32 Å². The van der Waals surface area contributed by atoms with E-state index in [1.165, 1.54) is 24.3 Å². The largest absolute Gasteiger partial charge is 0.433 e. The van der Waals surface area contributed by atoms with E-state index >= 15 is 0 Å². The summed E-state index contributed by atoms with van der Waals surface area (Å²) in [5, 5.41) is 3.75. The van der Waals surface area contributed by atoms with Crippen molar-refractivity contribution in [3.05, 3.63) is 84.6 Å². The summed E-state index contributed by atoms with van der Waals surface area (Å²) in [6.45, 7) is 7.15. The average molecular weight is 479 g/mol. The Morgan fingerprint density at radius 3 is 2.23 bits per heavy atom. The first-order valence-corrected chi connectivity index (χ1v) is 11.3. The fraction of sp³-hybridized carbons (Fsp3) is 0.250. The molecule has 35 heavy (non-hydrogen) atoms. The van der Waals surface area contributed by atoms with E-state index in [1.807, 2.05) is 75.5 Å². The van der Waals surface area contributed by atoms with Gasteiger partial charge in [-0.3, -0.25) is 4.57 Å². The number of carbonyl (C=O) groups is 1. The number of nitrogens with one attached hydrogen (secondary N) is 1. The third-order valence-electron chi connectivity index (χ3n) is 5.30. The van der Waals surface area contributed by atoms with Gasteiger partial charge in [0.15, 0.2) is 0 Å². The number of amides is 1. The molecule has 4 aromatic rings. The molecule has 0 aliphatic carbocycles. The van der Waals surface area contributed by atoms with Crippen molar-refractivity contribution in [1.29, 1.82) is 0 Å². The van der Waals surface area contributed by atoms with Crippen molar-refractivity contribution < 1.29 is 23.0 Å². The lowest BCUT2D eigenvalue weighted by Crippen LogP contribution is -2.20. The summed E-state index contributed by atoms with van der Waals surface area (Å²) in [7, 11) is 0. The van der Waals surface area contributed by atoms with Crippen molar-refractivity contribution in [3.8, 4) is 16.9 Å². The third-order valence-corrected chi connectivity index (χ3v) is 5.30. The number of nitrogens with zero attached hydrogens (tertiary/aromatic N) is 1. The molecule has 1 N–H and O–H groups in total. The third kappa shape index (κ3) is 6.05. The molecule has 0 saturated carbocycles. The van der Waals surface area contributed by atoms with Gasteiger partial charge in [0.1, 0.15) is 5.75 Å². The number of alkyl halides is 2. The number of aromatic nitrogens is 1. The van der Waals surface area contributed by atoms with Crippen LogP contribution in [0.3, 0.4) is 0 Å². The van der Waals surface area contributed by atoms with Crippen LogP contribution in [0.4, 0.5) is 19.3 Å². The number of carbonyl (C=O) groups excluding carboxylic acids is 1. The second-order valence-corrected chi connectivity index (χ2v) is 9.35. The highest BCUT2D eigenvalue weighted by Gasteiger charge is 2.23. The van der Waals surface area contributed by atoms with Crippen molar-refractivity contribution in [3.63, 3.8) is 0 Å². The molecule has 0 saturated heterocycles. The van der Waals surface area contributed by atoms with Crippen LogP contribution in [-0.4, -0.2) is 22.3 Å². The Hall–Kier alpha value is -3.71. The van der Waals surface area contributed by atoms with Gasteiger partial charge in [-0.1, -0.05) is 42.5 Å². The normalized spacial score (nSPS) is 12.1. The summed E-state index contributed by atoms with van der Waals surface area (Å²) >= 11 is 0. The number of para-hydroxylation sites is 1. The van der Waals surface area contributed by atoms with Crippen LogP contribution < -0.4 is 10.1 Å². The molecule has 7 heteroatoms. The molecule has 182 valence electrons. The molecular weight excluding hydrogens is 450 g/mol. The molecule has 0 atom stereocenters. The smallest absolute Gasteiger partial charge is 0.394 e. The lowest BCUT2D eigenvalue weighted by molar-refractivity contribution is -0.158. The van der Waals surface area contributed by atoms with E-state index in [0.29, 0.717) is 19.2 Å². The predicted molar refractivity (Wildman–Crippen MR) is 134 cm³/mol. The van der Waals surface area contributed by atoms with Crippen molar-refractivity contribution in [2.45, 2.75) is 46.0 Å². The van der Waals surface area contributed by atoms with Gasteiger partial charge in [-0.2, -0.15) is 8.78 Å².